The molecule has 0 fully saturated rings. The number of carbonyl (C=O) groups is 2. The predicted octanol–water partition coefficient (Wildman–Crippen LogP) is 20.4. The summed E-state index contributed by atoms with van der Waals surface area (Å²) in [5.41, 5.74) is 0. The van der Waals surface area contributed by atoms with Crippen LogP contribution in [0.25, 0.3) is 0 Å². The van der Waals surface area contributed by atoms with Crippen molar-refractivity contribution in [3.8, 4) is 0 Å². The number of hydrogen-bond donors (Lipinski definition) is 3. The molecule has 0 spiro atoms. The SMILES string of the molecule is CCCCCCCCC/C=C\CCCCCCCC(=O)OCCCCCCCCCCCCCCCCCCCCCCCCC(=O)NC(CO)C(O)CCCCCCCCCCCCCCCCCC. The molecule has 0 aliphatic heterocycles. The van der Waals surface area contributed by atoms with Gasteiger partial charge in [0.1, 0.15) is 0 Å². The van der Waals surface area contributed by atoms with E-state index in [9.17, 15) is 19.8 Å². The third kappa shape index (κ3) is 57.7. The van der Waals surface area contributed by atoms with Crippen LogP contribution in [0.15, 0.2) is 12.2 Å². The number of aliphatic hydroxyl groups excluding tert-OH is 2. The zero-order valence-corrected chi connectivity index (χ0v) is 48.2. The van der Waals surface area contributed by atoms with Crippen molar-refractivity contribution in [2.75, 3.05) is 13.2 Å². The molecule has 0 heterocycles. The minimum Gasteiger partial charge on any atom is -0.466 e. The molecule has 0 saturated carbocycles. The molecule has 0 aromatic heterocycles. The van der Waals surface area contributed by atoms with Crippen LogP contribution in [0.1, 0.15) is 367 Å². The minimum absolute atomic E-state index is 0.00680. The van der Waals surface area contributed by atoms with Gasteiger partial charge in [0.15, 0.2) is 0 Å². The summed E-state index contributed by atoms with van der Waals surface area (Å²) in [6, 6.07) is -0.541. The number of ether oxygens (including phenoxy) is 1. The molecular weight excluding hydrogens is 875 g/mol. The Morgan fingerprint density at radius 2 is 0.662 bits per heavy atom. The first-order chi connectivity index (χ1) is 35.0. The smallest absolute Gasteiger partial charge is 0.305 e. The van der Waals surface area contributed by atoms with Gasteiger partial charge in [-0.25, -0.2) is 0 Å². The van der Waals surface area contributed by atoms with Gasteiger partial charge in [0.2, 0.25) is 5.91 Å². The Morgan fingerprint density at radius 3 is 1.00 bits per heavy atom. The Morgan fingerprint density at radius 1 is 0.380 bits per heavy atom. The highest BCUT2D eigenvalue weighted by molar-refractivity contribution is 5.76. The van der Waals surface area contributed by atoms with Gasteiger partial charge in [0.25, 0.3) is 0 Å². The van der Waals surface area contributed by atoms with E-state index >= 15 is 0 Å². The van der Waals surface area contributed by atoms with Gasteiger partial charge in [-0.05, 0) is 51.4 Å². The lowest BCUT2D eigenvalue weighted by Crippen LogP contribution is -2.45. The van der Waals surface area contributed by atoms with Crippen LogP contribution < -0.4 is 5.32 Å². The summed E-state index contributed by atoms with van der Waals surface area (Å²) in [5, 5.41) is 23.3. The highest BCUT2D eigenvalue weighted by atomic mass is 16.5. The first-order valence-electron chi connectivity index (χ1n) is 32.4. The zero-order chi connectivity index (χ0) is 51.4. The summed E-state index contributed by atoms with van der Waals surface area (Å²) < 4.78 is 5.49. The van der Waals surface area contributed by atoms with E-state index in [2.05, 4.69) is 31.3 Å². The van der Waals surface area contributed by atoms with E-state index in [0.29, 0.717) is 25.9 Å². The number of nitrogens with one attached hydrogen (secondary N) is 1. The Hall–Kier alpha value is -1.40. The molecule has 0 saturated heterocycles. The average molecular weight is 1000 g/mol. The summed E-state index contributed by atoms with van der Waals surface area (Å²) in [7, 11) is 0. The molecule has 6 nitrogen and oxygen atoms in total. The van der Waals surface area contributed by atoms with Crippen molar-refractivity contribution >= 4 is 11.9 Å². The van der Waals surface area contributed by atoms with Crippen LogP contribution in [0.5, 0.6) is 0 Å². The van der Waals surface area contributed by atoms with Crippen LogP contribution in [0, 0.1) is 0 Å². The van der Waals surface area contributed by atoms with Gasteiger partial charge in [-0.15, -0.1) is 0 Å². The molecule has 6 heteroatoms. The Balaban J connectivity index is 3.37. The molecule has 0 aromatic rings. The van der Waals surface area contributed by atoms with Gasteiger partial charge in [-0.3, -0.25) is 9.59 Å². The molecule has 0 rings (SSSR count). The third-order valence-corrected chi connectivity index (χ3v) is 15.3. The Labute approximate surface area is 444 Å². The van der Waals surface area contributed by atoms with Crippen molar-refractivity contribution in [2.45, 2.75) is 379 Å². The molecule has 1 amide bonds. The van der Waals surface area contributed by atoms with E-state index in [1.165, 1.54) is 289 Å². The molecule has 0 aliphatic rings. The number of hydrogen-bond acceptors (Lipinski definition) is 5. The predicted molar refractivity (Wildman–Crippen MR) is 310 cm³/mol. The molecule has 0 aromatic carbocycles. The molecular formula is C65H127NO5. The van der Waals surface area contributed by atoms with Crippen molar-refractivity contribution in [3.63, 3.8) is 0 Å². The van der Waals surface area contributed by atoms with Crippen molar-refractivity contribution in [3.05, 3.63) is 12.2 Å². The Bertz CT molecular complexity index is 1060. The summed E-state index contributed by atoms with van der Waals surface area (Å²) in [6.07, 6.45) is 73.7. The van der Waals surface area contributed by atoms with Crippen LogP contribution in [0.2, 0.25) is 0 Å². The van der Waals surface area contributed by atoms with Crippen LogP contribution in [-0.2, 0) is 14.3 Å². The largest absolute Gasteiger partial charge is 0.466 e. The first-order valence-corrected chi connectivity index (χ1v) is 32.4. The lowest BCUT2D eigenvalue weighted by Gasteiger charge is -2.22. The molecule has 2 atom stereocenters. The molecule has 71 heavy (non-hydrogen) atoms. The van der Waals surface area contributed by atoms with Crippen LogP contribution >= 0.6 is 0 Å². The first kappa shape index (κ1) is 69.6. The quantitative estimate of drug-likeness (QED) is 0.0320. The second-order valence-corrected chi connectivity index (χ2v) is 22.5. The third-order valence-electron chi connectivity index (χ3n) is 15.3. The molecule has 2 unspecified atom stereocenters. The van der Waals surface area contributed by atoms with Gasteiger partial charge in [-0.1, -0.05) is 315 Å². The van der Waals surface area contributed by atoms with E-state index in [1.807, 2.05) is 0 Å². The number of amides is 1. The zero-order valence-electron chi connectivity index (χ0n) is 48.2. The summed E-state index contributed by atoms with van der Waals surface area (Å²) in [6.45, 7) is 4.98. The topological polar surface area (TPSA) is 95.9 Å². The fourth-order valence-electron chi connectivity index (χ4n) is 10.3. The highest BCUT2D eigenvalue weighted by Gasteiger charge is 2.20. The average Bonchev–Trinajstić information content (AvgIpc) is 3.37. The van der Waals surface area contributed by atoms with Crippen molar-refractivity contribution in [1.29, 1.82) is 0 Å². The van der Waals surface area contributed by atoms with E-state index in [0.717, 1.165) is 44.9 Å². The van der Waals surface area contributed by atoms with Gasteiger partial charge in [0, 0.05) is 12.8 Å². The fourth-order valence-corrected chi connectivity index (χ4v) is 10.3. The van der Waals surface area contributed by atoms with Gasteiger partial charge in [-0.2, -0.15) is 0 Å². The molecule has 0 radical (unpaired) electrons. The second kappa shape index (κ2) is 61.1. The molecule has 3 N–H and O–H groups in total. The second-order valence-electron chi connectivity index (χ2n) is 22.5. The number of esters is 1. The lowest BCUT2D eigenvalue weighted by molar-refractivity contribution is -0.143. The monoisotopic (exact) mass is 1000 g/mol. The van der Waals surface area contributed by atoms with Gasteiger partial charge in [0.05, 0.1) is 25.4 Å². The number of aliphatic hydroxyl groups is 2. The number of carbonyl (C=O) groups excluding carboxylic acids is 2. The van der Waals surface area contributed by atoms with E-state index in [1.54, 1.807) is 0 Å². The number of unbranched alkanes of at least 4 members (excludes halogenated alkanes) is 48. The van der Waals surface area contributed by atoms with Gasteiger partial charge >= 0.3 is 5.97 Å². The normalized spacial score (nSPS) is 12.6. The minimum atomic E-state index is -0.664. The van der Waals surface area contributed by atoms with E-state index in [4.69, 9.17) is 4.74 Å². The van der Waals surface area contributed by atoms with Crippen molar-refractivity contribution in [1.82, 2.24) is 5.32 Å². The Kier molecular flexibility index (Phi) is 59.9. The van der Waals surface area contributed by atoms with Crippen LogP contribution in [-0.4, -0.2) is 47.4 Å². The van der Waals surface area contributed by atoms with Crippen LogP contribution in [0.4, 0.5) is 0 Å². The summed E-state index contributed by atoms with van der Waals surface area (Å²) >= 11 is 0. The van der Waals surface area contributed by atoms with Crippen molar-refractivity contribution < 1.29 is 24.5 Å². The maximum atomic E-state index is 12.5. The summed E-state index contributed by atoms with van der Waals surface area (Å²) in [4.78, 5) is 24.6. The summed E-state index contributed by atoms with van der Waals surface area (Å²) in [5.74, 6) is -0.0253. The van der Waals surface area contributed by atoms with Crippen molar-refractivity contribution in [2.24, 2.45) is 0 Å². The fraction of sp³-hybridized carbons (Fsp3) is 0.938. The standard InChI is InChI=1S/C65H127NO5/c1-3-5-7-9-11-13-15-17-19-29-33-37-41-45-49-53-57-63(68)62(61-67)66-64(69)58-54-50-46-42-38-34-30-27-25-23-21-22-24-26-28-32-36-40-44-48-52-56-60-71-65(70)59-55-51-47-43-39-35-31-20-18-16-14-12-10-8-6-4-2/h20,31,62-63,67-68H,3-19,21-30,32-61H2,1-2H3,(H,66,69)/b31-20-. The molecule has 0 bridgehead atoms. The lowest BCUT2D eigenvalue weighted by atomic mass is 10.0. The highest BCUT2D eigenvalue weighted by Crippen LogP contribution is 2.18. The van der Waals surface area contributed by atoms with Gasteiger partial charge < -0.3 is 20.3 Å². The number of rotatable bonds is 61. The van der Waals surface area contributed by atoms with E-state index in [-0.39, 0.29) is 18.5 Å². The maximum absolute atomic E-state index is 12.5. The van der Waals surface area contributed by atoms with Crippen LogP contribution in [0.3, 0.4) is 0 Å². The molecule has 422 valence electrons. The molecule has 0 aliphatic carbocycles. The van der Waals surface area contributed by atoms with E-state index < -0.39 is 12.1 Å². The number of allylic oxidation sites excluding steroid dienone is 2. The maximum Gasteiger partial charge on any atom is 0.305 e.